The first kappa shape index (κ1) is 21.0. The zero-order valence-electron chi connectivity index (χ0n) is 16.4. The molecule has 2 aliphatic rings. The van der Waals surface area contributed by atoms with E-state index in [1.807, 2.05) is 12.1 Å². The van der Waals surface area contributed by atoms with Gasteiger partial charge in [0.1, 0.15) is 0 Å². The number of carboxylic acids is 1. The summed E-state index contributed by atoms with van der Waals surface area (Å²) in [6.45, 7) is 0.416. The van der Waals surface area contributed by atoms with Gasteiger partial charge in [0.05, 0.1) is 12.2 Å². The molecule has 2 amide bonds. The summed E-state index contributed by atoms with van der Waals surface area (Å²) in [6, 6.07) is 8.88. The van der Waals surface area contributed by atoms with Crippen molar-refractivity contribution in [1.82, 2.24) is 5.32 Å². The molecule has 0 saturated carbocycles. The van der Waals surface area contributed by atoms with E-state index in [1.165, 1.54) is 0 Å². The monoisotopic (exact) mass is 400 g/mol. The number of carbonyl (C=O) groups excluding carboxylic acids is 2. The molecule has 2 heterocycles. The van der Waals surface area contributed by atoms with Crippen LogP contribution >= 0.6 is 0 Å². The van der Waals surface area contributed by atoms with Gasteiger partial charge in [-0.2, -0.15) is 0 Å². The van der Waals surface area contributed by atoms with Crippen molar-refractivity contribution in [2.45, 2.75) is 50.7 Å². The highest BCUT2D eigenvalue weighted by Gasteiger charge is 2.48. The standard InChI is InChI=1S/C22H28N2O5/c25-20(26)11-7-2-1-6-10-16-17(19-13-12-18(16)29-19)14-23-21(27)22(28)24-15-8-4-3-5-9-15/h1,3-6,8-9,16-19H,2,7,10-14H2,(H,23,27)(H,24,28)(H,25,26)/b6-1+. The third-order valence-corrected chi connectivity index (χ3v) is 5.66. The average molecular weight is 400 g/mol. The molecule has 7 nitrogen and oxygen atoms in total. The quantitative estimate of drug-likeness (QED) is 0.336. The summed E-state index contributed by atoms with van der Waals surface area (Å²) < 4.78 is 6.03. The zero-order valence-corrected chi connectivity index (χ0v) is 16.4. The van der Waals surface area contributed by atoms with Gasteiger partial charge in [-0.15, -0.1) is 0 Å². The summed E-state index contributed by atoms with van der Waals surface area (Å²) in [5.41, 5.74) is 0.585. The number of unbranched alkanes of at least 4 members (excludes halogenated alkanes) is 1. The predicted octanol–water partition coefficient (Wildman–Crippen LogP) is 2.74. The van der Waals surface area contributed by atoms with Crippen LogP contribution in [-0.2, 0) is 19.1 Å². The van der Waals surface area contributed by atoms with Gasteiger partial charge in [0.15, 0.2) is 0 Å². The fraction of sp³-hybridized carbons (Fsp3) is 0.500. The molecular weight excluding hydrogens is 372 g/mol. The third kappa shape index (κ3) is 5.90. The summed E-state index contributed by atoms with van der Waals surface area (Å²) in [4.78, 5) is 34.8. The minimum Gasteiger partial charge on any atom is -0.481 e. The first-order valence-corrected chi connectivity index (χ1v) is 10.2. The van der Waals surface area contributed by atoms with E-state index in [0.29, 0.717) is 24.6 Å². The van der Waals surface area contributed by atoms with Crippen molar-refractivity contribution in [3.63, 3.8) is 0 Å². The van der Waals surface area contributed by atoms with Crippen molar-refractivity contribution in [2.24, 2.45) is 11.8 Å². The van der Waals surface area contributed by atoms with E-state index in [4.69, 9.17) is 9.84 Å². The summed E-state index contributed by atoms with van der Waals surface area (Å²) in [5.74, 6) is -1.59. The molecule has 3 rings (SSSR count). The molecule has 156 valence electrons. The number of fused-ring (bicyclic) bond motifs is 2. The van der Waals surface area contributed by atoms with E-state index in [1.54, 1.807) is 24.3 Å². The van der Waals surface area contributed by atoms with E-state index in [-0.39, 0.29) is 24.5 Å². The summed E-state index contributed by atoms with van der Waals surface area (Å²) >= 11 is 0. The summed E-state index contributed by atoms with van der Waals surface area (Å²) in [5, 5.41) is 14.0. The number of amides is 2. The maximum absolute atomic E-state index is 12.2. The second kappa shape index (κ2) is 10.2. The second-order valence-corrected chi connectivity index (χ2v) is 7.64. The number of hydrogen-bond donors (Lipinski definition) is 3. The van der Waals surface area contributed by atoms with Gasteiger partial charge >= 0.3 is 17.8 Å². The van der Waals surface area contributed by atoms with Crippen molar-refractivity contribution in [2.75, 3.05) is 11.9 Å². The molecule has 4 atom stereocenters. The smallest absolute Gasteiger partial charge is 0.313 e. The molecule has 29 heavy (non-hydrogen) atoms. The molecule has 2 aliphatic heterocycles. The number of aliphatic carboxylic acids is 1. The highest BCUT2D eigenvalue weighted by atomic mass is 16.5. The van der Waals surface area contributed by atoms with Crippen molar-refractivity contribution < 1.29 is 24.2 Å². The number of anilines is 1. The molecule has 2 fully saturated rings. The fourth-order valence-electron chi connectivity index (χ4n) is 4.22. The average Bonchev–Trinajstić information content (AvgIpc) is 3.31. The number of carbonyl (C=O) groups is 3. The maximum Gasteiger partial charge on any atom is 0.313 e. The van der Waals surface area contributed by atoms with Gasteiger partial charge in [-0.3, -0.25) is 14.4 Å². The van der Waals surface area contributed by atoms with Crippen LogP contribution in [0.5, 0.6) is 0 Å². The van der Waals surface area contributed by atoms with Crippen molar-refractivity contribution in [3.8, 4) is 0 Å². The Bertz CT molecular complexity index is 749. The van der Waals surface area contributed by atoms with Crippen LogP contribution in [-0.4, -0.2) is 41.6 Å². The van der Waals surface area contributed by atoms with Gasteiger partial charge in [0.25, 0.3) is 0 Å². The number of benzene rings is 1. The first-order chi connectivity index (χ1) is 14.0. The molecule has 4 unspecified atom stereocenters. The molecule has 7 heteroatoms. The molecule has 2 bridgehead atoms. The van der Waals surface area contributed by atoms with Gasteiger partial charge in [-0.05, 0) is 50.2 Å². The van der Waals surface area contributed by atoms with Crippen LogP contribution < -0.4 is 10.6 Å². The minimum absolute atomic E-state index is 0.128. The van der Waals surface area contributed by atoms with E-state index in [0.717, 1.165) is 25.7 Å². The number of ether oxygens (including phenoxy) is 1. The molecule has 0 aromatic heterocycles. The predicted molar refractivity (Wildman–Crippen MR) is 108 cm³/mol. The lowest BCUT2D eigenvalue weighted by Crippen LogP contribution is -2.42. The number of rotatable bonds is 9. The van der Waals surface area contributed by atoms with E-state index in [9.17, 15) is 14.4 Å². The van der Waals surface area contributed by atoms with Crippen LogP contribution in [0.4, 0.5) is 5.69 Å². The molecule has 0 spiro atoms. The Morgan fingerprint density at radius 3 is 2.48 bits per heavy atom. The second-order valence-electron chi connectivity index (χ2n) is 7.64. The van der Waals surface area contributed by atoms with Crippen LogP contribution in [0.25, 0.3) is 0 Å². The van der Waals surface area contributed by atoms with Gasteiger partial charge in [0.2, 0.25) is 0 Å². The lowest BCUT2D eigenvalue weighted by atomic mass is 9.77. The number of carboxylic acid groups (broad SMARTS) is 1. The first-order valence-electron chi connectivity index (χ1n) is 10.2. The Hall–Kier alpha value is -2.67. The Kier molecular flexibility index (Phi) is 7.41. The fourth-order valence-corrected chi connectivity index (χ4v) is 4.22. The molecule has 1 aromatic rings. The van der Waals surface area contributed by atoms with Crippen LogP contribution in [0.3, 0.4) is 0 Å². The minimum atomic E-state index is -0.771. The number of para-hydroxylation sites is 1. The highest BCUT2D eigenvalue weighted by Crippen LogP contribution is 2.44. The third-order valence-electron chi connectivity index (χ3n) is 5.66. The highest BCUT2D eigenvalue weighted by molar-refractivity contribution is 6.39. The van der Waals surface area contributed by atoms with Gasteiger partial charge in [-0.25, -0.2) is 0 Å². The normalized spacial score (nSPS) is 25.2. The molecule has 3 N–H and O–H groups in total. The Morgan fingerprint density at radius 1 is 1.03 bits per heavy atom. The molecule has 1 aromatic carbocycles. The van der Waals surface area contributed by atoms with Gasteiger partial charge in [-0.1, -0.05) is 30.4 Å². The molecular formula is C22H28N2O5. The van der Waals surface area contributed by atoms with Crippen LogP contribution in [0.2, 0.25) is 0 Å². The number of allylic oxidation sites excluding steroid dienone is 2. The van der Waals surface area contributed by atoms with Crippen LogP contribution in [0, 0.1) is 11.8 Å². The zero-order chi connectivity index (χ0) is 20.6. The lowest BCUT2D eigenvalue weighted by Gasteiger charge is -2.27. The summed E-state index contributed by atoms with van der Waals surface area (Å²) in [6.07, 6.45) is 8.86. The number of nitrogens with one attached hydrogen (secondary N) is 2. The Balaban J connectivity index is 1.45. The van der Waals surface area contributed by atoms with E-state index < -0.39 is 17.8 Å². The molecule has 0 radical (unpaired) electrons. The topological polar surface area (TPSA) is 105 Å². The van der Waals surface area contributed by atoms with E-state index in [2.05, 4.69) is 16.7 Å². The summed E-state index contributed by atoms with van der Waals surface area (Å²) in [7, 11) is 0. The Morgan fingerprint density at radius 2 is 1.76 bits per heavy atom. The Labute approximate surface area is 170 Å². The SMILES string of the molecule is O=C(O)CCC/C=C/CC1C2CCC(O2)C1CNC(=O)C(=O)Nc1ccccc1. The maximum atomic E-state index is 12.2. The molecule has 0 aliphatic carbocycles. The largest absolute Gasteiger partial charge is 0.481 e. The van der Waals surface area contributed by atoms with Gasteiger partial charge in [0, 0.05) is 24.6 Å². The van der Waals surface area contributed by atoms with Crippen LogP contribution in [0.1, 0.15) is 38.5 Å². The van der Waals surface area contributed by atoms with E-state index >= 15 is 0 Å². The van der Waals surface area contributed by atoms with Crippen LogP contribution in [0.15, 0.2) is 42.5 Å². The van der Waals surface area contributed by atoms with Crippen molar-refractivity contribution >= 4 is 23.5 Å². The van der Waals surface area contributed by atoms with Gasteiger partial charge < -0.3 is 20.5 Å². The van der Waals surface area contributed by atoms with Crippen molar-refractivity contribution in [3.05, 3.63) is 42.5 Å². The molecule has 2 saturated heterocycles. The number of hydrogen-bond acceptors (Lipinski definition) is 4. The van der Waals surface area contributed by atoms with Crippen molar-refractivity contribution in [1.29, 1.82) is 0 Å². The lowest BCUT2D eigenvalue weighted by molar-refractivity contribution is -0.137.